The summed E-state index contributed by atoms with van der Waals surface area (Å²) < 4.78 is 16.2. The van der Waals surface area contributed by atoms with Crippen LogP contribution >= 0.6 is 7.37 Å². The molecule has 88 valence electrons. The molecule has 0 spiro atoms. The van der Waals surface area contributed by atoms with Crippen molar-refractivity contribution in [2.24, 2.45) is 5.92 Å². The van der Waals surface area contributed by atoms with E-state index >= 15 is 0 Å². The maximum absolute atomic E-state index is 11.4. The molecule has 7 heteroatoms. The molecule has 0 saturated carbocycles. The number of hydroxylamine groups is 2. The van der Waals surface area contributed by atoms with Crippen LogP contribution in [-0.2, 0) is 18.9 Å². The molecule has 1 heterocycles. The summed E-state index contributed by atoms with van der Waals surface area (Å²) in [5, 5.41) is 1.08. The molecular formula is C8H16NO5P. The van der Waals surface area contributed by atoms with Crippen molar-refractivity contribution in [1.82, 2.24) is 5.06 Å². The van der Waals surface area contributed by atoms with E-state index in [9.17, 15) is 9.36 Å². The van der Waals surface area contributed by atoms with Crippen LogP contribution in [0.5, 0.6) is 0 Å². The highest BCUT2D eigenvalue weighted by molar-refractivity contribution is 7.57. The van der Waals surface area contributed by atoms with Crippen molar-refractivity contribution in [2.45, 2.75) is 19.7 Å². The molecule has 1 N–H and O–H groups in total. The van der Waals surface area contributed by atoms with Crippen LogP contribution < -0.4 is 0 Å². The van der Waals surface area contributed by atoms with Crippen molar-refractivity contribution < 1.29 is 23.8 Å². The number of hydrogen-bond donors (Lipinski definition) is 1. The van der Waals surface area contributed by atoms with Crippen molar-refractivity contribution in [3.05, 3.63) is 0 Å². The van der Waals surface area contributed by atoms with E-state index in [2.05, 4.69) is 0 Å². The first-order valence-electron chi connectivity index (χ1n) is 4.68. The molecule has 1 aliphatic heterocycles. The highest BCUT2D eigenvalue weighted by Crippen LogP contribution is 2.42. The lowest BCUT2D eigenvalue weighted by Gasteiger charge is -2.20. The lowest BCUT2D eigenvalue weighted by atomic mass is 10.2. The van der Waals surface area contributed by atoms with E-state index in [1.165, 1.54) is 13.6 Å². The van der Waals surface area contributed by atoms with E-state index in [1.807, 2.05) is 0 Å². The first-order chi connectivity index (χ1) is 6.82. The minimum absolute atomic E-state index is 0.108. The second kappa shape index (κ2) is 4.61. The maximum Gasteiger partial charge on any atom is 0.253 e. The third-order valence-corrected chi connectivity index (χ3v) is 3.75. The van der Waals surface area contributed by atoms with Gasteiger partial charge in [-0.2, -0.15) is 5.06 Å². The quantitative estimate of drug-likeness (QED) is 0.725. The predicted molar refractivity (Wildman–Crippen MR) is 53.1 cm³/mol. The molecular weight excluding hydrogens is 221 g/mol. The monoisotopic (exact) mass is 237 g/mol. The van der Waals surface area contributed by atoms with Gasteiger partial charge in [-0.1, -0.05) is 6.92 Å². The topological polar surface area (TPSA) is 76.1 Å². The summed E-state index contributed by atoms with van der Waals surface area (Å²) in [6.07, 6.45) is 0. The Hall–Kier alpha value is -0.420. The summed E-state index contributed by atoms with van der Waals surface area (Å²) in [5.74, 6) is -1.14. The summed E-state index contributed by atoms with van der Waals surface area (Å²) in [6.45, 7) is 4.68. The minimum atomic E-state index is -3.26. The first kappa shape index (κ1) is 12.6. The van der Waals surface area contributed by atoms with E-state index < -0.39 is 13.2 Å². The van der Waals surface area contributed by atoms with Crippen molar-refractivity contribution in [2.75, 3.05) is 20.0 Å². The van der Waals surface area contributed by atoms with E-state index in [-0.39, 0.29) is 18.6 Å². The van der Waals surface area contributed by atoms with Crippen LogP contribution in [0.25, 0.3) is 0 Å². The number of ether oxygens (including phenoxy) is 1. The molecule has 1 rings (SSSR count). The first-order valence-corrected chi connectivity index (χ1v) is 6.86. The Kier molecular flexibility index (Phi) is 3.89. The molecule has 3 unspecified atom stereocenters. The molecule has 0 aromatic heterocycles. The van der Waals surface area contributed by atoms with Crippen LogP contribution in [0, 0.1) is 5.92 Å². The molecule has 0 bridgehead atoms. The summed E-state index contributed by atoms with van der Waals surface area (Å²) in [7, 11) is -3.26. The van der Waals surface area contributed by atoms with Crippen molar-refractivity contribution in [1.29, 1.82) is 0 Å². The van der Waals surface area contributed by atoms with Gasteiger partial charge in [0.05, 0.1) is 12.5 Å². The Morgan fingerprint density at radius 2 is 2.40 bits per heavy atom. The van der Waals surface area contributed by atoms with Gasteiger partial charge >= 0.3 is 0 Å². The van der Waals surface area contributed by atoms with Crippen molar-refractivity contribution >= 4 is 13.3 Å². The highest BCUT2D eigenvalue weighted by atomic mass is 31.2. The van der Waals surface area contributed by atoms with E-state index in [0.717, 1.165) is 5.06 Å². The van der Waals surface area contributed by atoms with Crippen LogP contribution in [0.3, 0.4) is 0 Å². The molecule has 0 aromatic rings. The molecule has 6 nitrogen and oxygen atoms in total. The van der Waals surface area contributed by atoms with Crippen LogP contribution in [-0.4, -0.2) is 41.7 Å². The molecule has 0 aliphatic carbocycles. The number of rotatable bonds is 4. The molecule has 1 amide bonds. The van der Waals surface area contributed by atoms with Crippen LogP contribution in [0.4, 0.5) is 0 Å². The van der Waals surface area contributed by atoms with Gasteiger partial charge in [0.25, 0.3) is 5.91 Å². The lowest BCUT2D eigenvalue weighted by molar-refractivity contribution is -0.189. The van der Waals surface area contributed by atoms with E-state index in [1.54, 1.807) is 6.92 Å². The van der Waals surface area contributed by atoms with E-state index in [4.69, 9.17) is 14.5 Å². The zero-order chi connectivity index (χ0) is 11.6. The van der Waals surface area contributed by atoms with E-state index in [0.29, 0.717) is 6.61 Å². The molecule has 1 fully saturated rings. The van der Waals surface area contributed by atoms with Gasteiger partial charge in [0.2, 0.25) is 7.37 Å². The average Bonchev–Trinajstić information content (AvgIpc) is 2.43. The molecule has 15 heavy (non-hydrogen) atoms. The molecule has 0 radical (unpaired) electrons. The normalized spacial score (nSPS) is 27.9. The van der Waals surface area contributed by atoms with Crippen LogP contribution in [0.1, 0.15) is 13.8 Å². The predicted octanol–water partition coefficient (Wildman–Crippen LogP) is 0.617. The third kappa shape index (κ3) is 3.28. The Balaban J connectivity index is 2.39. The number of hydrogen-bond acceptors (Lipinski definition) is 4. The fourth-order valence-electron chi connectivity index (χ4n) is 0.997. The second-order valence-electron chi connectivity index (χ2n) is 3.75. The number of amides is 1. The van der Waals surface area contributed by atoms with Gasteiger partial charge in [-0.15, -0.1) is 0 Å². The average molecular weight is 237 g/mol. The van der Waals surface area contributed by atoms with Gasteiger partial charge in [-0.05, 0) is 6.92 Å². The fourth-order valence-corrected chi connectivity index (χ4v) is 1.34. The van der Waals surface area contributed by atoms with Gasteiger partial charge in [-0.25, -0.2) is 0 Å². The number of nitrogens with zero attached hydrogens (tertiary/aromatic N) is 1. The Labute approximate surface area is 88.6 Å². The SMILES string of the molecule is CC1CON(COC(C)P(C)(=O)O)C1=O. The number of carbonyl (C=O) groups is 1. The van der Waals surface area contributed by atoms with Gasteiger partial charge in [0, 0.05) is 6.66 Å². The zero-order valence-corrected chi connectivity index (χ0v) is 9.94. The van der Waals surface area contributed by atoms with Crippen molar-refractivity contribution in [3.8, 4) is 0 Å². The number of carbonyl (C=O) groups excluding carboxylic acids is 1. The molecule has 0 aromatic carbocycles. The second-order valence-corrected chi connectivity index (χ2v) is 6.37. The summed E-state index contributed by atoms with van der Waals surface area (Å²) in [4.78, 5) is 25.5. The third-order valence-electron chi connectivity index (χ3n) is 2.26. The van der Waals surface area contributed by atoms with Crippen molar-refractivity contribution in [3.63, 3.8) is 0 Å². The Bertz CT molecular complexity index is 289. The zero-order valence-electron chi connectivity index (χ0n) is 9.04. The van der Waals surface area contributed by atoms with Gasteiger partial charge in [0.1, 0.15) is 12.6 Å². The minimum Gasteiger partial charge on any atom is -0.346 e. The largest absolute Gasteiger partial charge is 0.346 e. The molecule has 3 atom stereocenters. The summed E-state index contributed by atoms with van der Waals surface area (Å²) >= 11 is 0. The molecule has 1 saturated heterocycles. The Morgan fingerprint density at radius 3 is 2.80 bits per heavy atom. The lowest BCUT2D eigenvalue weighted by Crippen LogP contribution is -2.30. The highest BCUT2D eigenvalue weighted by Gasteiger charge is 2.31. The van der Waals surface area contributed by atoms with Crippen LogP contribution in [0.15, 0.2) is 0 Å². The fraction of sp³-hybridized carbons (Fsp3) is 0.875. The summed E-state index contributed by atoms with van der Waals surface area (Å²) in [5.41, 5.74) is 0. The standard InChI is InChI=1S/C8H16NO5P/c1-6-4-14-9(8(6)10)5-13-7(2)15(3,11)12/h6-7H,4-5H2,1-3H3,(H,11,12). The molecule has 1 aliphatic rings. The van der Waals surface area contributed by atoms with Crippen LogP contribution in [0.2, 0.25) is 0 Å². The smallest absolute Gasteiger partial charge is 0.253 e. The van der Waals surface area contributed by atoms with Gasteiger partial charge < -0.3 is 9.63 Å². The summed E-state index contributed by atoms with van der Waals surface area (Å²) in [6, 6.07) is 0. The van der Waals surface area contributed by atoms with Gasteiger partial charge in [-0.3, -0.25) is 14.2 Å². The maximum atomic E-state index is 11.4. The Morgan fingerprint density at radius 1 is 1.80 bits per heavy atom. The van der Waals surface area contributed by atoms with Gasteiger partial charge in [0.15, 0.2) is 0 Å².